The van der Waals surface area contributed by atoms with E-state index < -0.39 is 36.2 Å². The minimum Gasteiger partial charge on any atom is -0.490 e. The molecule has 3 fully saturated rings. The first-order valence-electron chi connectivity index (χ1n) is 13.4. The lowest BCUT2D eigenvalue weighted by molar-refractivity contribution is -0.185. The van der Waals surface area contributed by atoms with Crippen LogP contribution in [-0.4, -0.2) is 45.8 Å². The van der Waals surface area contributed by atoms with Gasteiger partial charge in [0, 0.05) is 29.9 Å². The highest BCUT2D eigenvalue weighted by atomic mass is 19.4. The molecule has 0 radical (unpaired) electrons. The van der Waals surface area contributed by atoms with Crippen LogP contribution in [0.25, 0.3) is 10.8 Å². The van der Waals surface area contributed by atoms with Gasteiger partial charge >= 0.3 is 12.4 Å². The third kappa shape index (κ3) is 5.63. The molecular weight excluding hydrogens is 512 g/mol. The summed E-state index contributed by atoms with van der Waals surface area (Å²) in [5.41, 5.74) is -0.365. The molecule has 38 heavy (non-hydrogen) atoms. The van der Waals surface area contributed by atoms with Gasteiger partial charge in [-0.2, -0.15) is 26.3 Å². The number of aliphatic hydroxyl groups excluding tert-OH is 1. The number of alkyl halides is 6. The van der Waals surface area contributed by atoms with Gasteiger partial charge in [-0.1, -0.05) is 30.7 Å². The summed E-state index contributed by atoms with van der Waals surface area (Å²) in [4.78, 5) is 2.21. The third-order valence-electron chi connectivity index (χ3n) is 8.74. The fourth-order valence-electron chi connectivity index (χ4n) is 6.85. The number of rotatable bonds is 5. The van der Waals surface area contributed by atoms with Gasteiger partial charge in [0.25, 0.3) is 0 Å². The predicted molar refractivity (Wildman–Crippen MR) is 129 cm³/mol. The topological polar surface area (TPSA) is 52.9 Å². The SMILES string of the molecule is OC(O)C1CC2CCCC(C1)N2Cc1cccc2ccc(OC3CCC(C(F)(F)F)CC3)c(C(F)(F)F)c12. The van der Waals surface area contributed by atoms with Gasteiger partial charge in [0.2, 0.25) is 0 Å². The van der Waals surface area contributed by atoms with Crippen molar-refractivity contribution in [3.05, 3.63) is 41.5 Å². The summed E-state index contributed by atoms with van der Waals surface area (Å²) in [5.74, 6) is -2.02. The van der Waals surface area contributed by atoms with Gasteiger partial charge in [-0.05, 0) is 68.4 Å². The zero-order valence-corrected chi connectivity index (χ0v) is 20.9. The van der Waals surface area contributed by atoms with Crippen molar-refractivity contribution in [2.75, 3.05) is 0 Å². The number of hydrogen-bond donors (Lipinski definition) is 2. The maximum atomic E-state index is 14.6. The Hall–Kier alpha value is -2.04. The molecular formula is C28H33F6NO3. The van der Waals surface area contributed by atoms with Gasteiger partial charge < -0.3 is 14.9 Å². The van der Waals surface area contributed by atoms with Crippen molar-refractivity contribution in [3.8, 4) is 5.75 Å². The number of fused-ring (bicyclic) bond motifs is 3. The Labute approximate surface area is 217 Å². The fourth-order valence-corrected chi connectivity index (χ4v) is 6.85. The van der Waals surface area contributed by atoms with E-state index in [0.29, 0.717) is 30.3 Å². The van der Waals surface area contributed by atoms with E-state index >= 15 is 0 Å². The molecule has 0 amide bonds. The largest absolute Gasteiger partial charge is 0.490 e. The number of aliphatic hydroxyl groups is 2. The molecule has 10 heteroatoms. The number of benzene rings is 2. The lowest BCUT2D eigenvalue weighted by Crippen LogP contribution is -2.53. The van der Waals surface area contributed by atoms with E-state index in [0.717, 1.165) is 19.3 Å². The van der Waals surface area contributed by atoms with Crippen molar-refractivity contribution >= 4 is 10.8 Å². The molecule has 0 aromatic heterocycles. The van der Waals surface area contributed by atoms with Gasteiger partial charge in [0.15, 0.2) is 6.29 Å². The molecule has 1 aliphatic carbocycles. The van der Waals surface area contributed by atoms with Crippen molar-refractivity contribution in [1.29, 1.82) is 0 Å². The highest BCUT2D eigenvalue weighted by Gasteiger charge is 2.44. The predicted octanol–water partition coefficient (Wildman–Crippen LogP) is 6.80. The molecule has 2 saturated heterocycles. The lowest BCUT2D eigenvalue weighted by Gasteiger charge is -2.49. The molecule has 1 saturated carbocycles. The molecule has 2 atom stereocenters. The lowest BCUT2D eigenvalue weighted by atomic mass is 9.77. The number of ether oxygens (including phenoxy) is 1. The Morgan fingerprint density at radius 1 is 0.868 bits per heavy atom. The maximum Gasteiger partial charge on any atom is 0.420 e. The third-order valence-corrected chi connectivity index (χ3v) is 8.74. The van der Waals surface area contributed by atoms with E-state index in [1.807, 2.05) is 0 Å². The average molecular weight is 546 g/mol. The molecule has 2 heterocycles. The standard InChI is InChI=1S/C28H33F6NO3/c29-27(30,31)19-8-10-22(11-9-19)38-23-12-7-16-3-1-4-17(24(16)25(23)28(32,33)34)15-35-20-5-2-6-21(35)14-18(13-20)26(36)37/h1,3-4,7,12,18-22,26,36-37H,2,5-6,8-11,13-15H2. The van der Waals surface area contributed by atoms with Crippen molar-refractivity contribution in [2.24, 2.45) is 11.8 Å². The summed E-state index contributed by atoms with van der Waals surface area (Å²) < 4.78 is 88.7. The summed E-state index contributed by atoms with van der Waals surface area (Å²) in [5, 5.41) is 20.0. The van der Waals surface area contributed by atoms with Gasteiger partial charge in [-0.3, -0.25) is 4.90 Å². The second-order valence-electron chi connectivity index (χ2n) is 11.1. The molecule has 2 aliphatic heterocycles. The van der Waals surface area contributed by atoms with Crippen LogP contribution in [0.5, 0.6) is 5.75 Å². The van der Waals surface area contributed by atoms with E-state index in [2.05, 4.69) is 4.90 Å². The van der Waals surface area contributed by atoms with Crippen LogP contribution in [0.2, 0.25) is 0 Å². The molecule has 4 nitrogen and oxygen atoms in total. The van der Waals surface area contributed by atoms with Crippen LogP contribution in [0.3, 0.4) is 0 Å². The first kappa shape index (κ1) is 27.5. The molecule has 2 aromatic carbocycles. The minimum atomic E-state index is -4.72. The Morgan fingerprint density at radius 2 is 1.53 bits per heavy atom. The van der Waals surface area contributed by atoms with E-state index in [1.165, 1.54) is 6.07 Å². The molecule has 210 valence electrons. The second kappa shape index (κ2) is 10.5. The van der Waals surface area contributed by atoms with Gasteiger partial charge in [-0.25, -0.2) is 0 Å². The van der Waals surface area contributed by atoms with Crippen LogP contribution >= 0.6 is 0 Å². The number of halogens is 6. The number of piperidine rings is 2. The minimum absolute atomic E-state index is 0.0518. The zero-order chi connectivity index (χ0) is 27.2. The smallest absolute Gasteiger partial charge is 0.420 e. The monoisotopic (exact) mass is 545 g/mol. The average Bonchev–Trinajstić information content (AvgIpc) is 2.83. The normalized spacial score (nSPS) is 29.1. The number of hydrogen-bond acceptors (Lipinski definition) is 4. The number of nitrogens with zero attached hydrogens (tertiary/aromatic N) is 1. The molecule has 3 aliphatic rings. The van der Waals surface area contributed by atoms with Gasteiger partial charge in [0.1, 0.15) is 11.3 Å². The molecule has 2 N–H and O–H groups in total. The molecule has 2 unspecified atom stereocenters. The van der Waals surface area contributed by atoms with Crippen LogP contribution in [0.15, 0.2) is 30.3 Å². The molecule has 2 bridgehead atoms. The highest BCUT2D eigenvalue weighted by Crippen LogP contribution is 2.46. The summed E-state index contributed by atoms with van der Waals surface area (Å²) in [6.45, 7) is 0.296. The van der Waals surface area contributed by atoms with Crippen molar-refractivity contribution in [1.82, 2.24) is 4.90 Å². The van der Waals surface area contributed by atoms with Crippen LogP contribution in [0.4, 0.5) is 26.3 Å². The van der Waals surface area contributed by atoms with Crippen molar-refractivity contribution < 1.29 is 41.3 Å². The van der Waals surface area contributed by atoms with Gasteiger partial charge in [-0.15, -0.1) is 0 Å². The fraction of sp³-hybridized carbons (Fsp3) is 0.643. The van der Waals surface area contributed by atoms with Crippen molar-refractivity contribution in [3.63, 3.8) is 0 Å². The zero-order valence-electron chi connectivity index (χ0n) is 20.9. The first-order chi connectivity index (χ1) is 17.9. The van der Waals surface area contributed by atoms with Crippen molar-refractivity contribution in [2.45, 2.75) is 101 Å². The molecule has 5 rings (SSSR count). The summed E-state index contributed by atoms with van der Waals surface area (Å²) in [7, 11) is 0. The summed E-state index contributed by atoms with van der Waals surface area (Å²) in [6.07, 6.45) is -7.48. The summed E-state index contributed by atoms with van der Waals surface area (Å²) in [6, 6.07) is 8.04. The maximum absolute atomic E-state index is 14.6. The van der Waals surface area contributed by atoms with Crippen LogP contribution in [-0.2, 0) is 12.7 Å². The van der Waals surface area contributed by atoms with Crippen LogP contribution in [0, 0.1) is 11.8 Å². The van der Waals surface area contributed by atoms with Gasteiger partial charge in [0.05, 0.1) is 12.0 Å². The summed E-state index contributed by atoms with van der Waals surface area (Å²) >= 11 is 0. The molecule has 0 spiro atoms. The van der Waals surface area contributed by atoms with Crippen LogP contribution < -0.4 is 4.74 Å². The molecule has 2 aromatic rings. The Morgan fingerprint density at radius 3 is 2.11 bits per heavy atom. The quantitative estimate of drug-likeness (QED) is 0.321. The van der Waals surface area contributed by atoms with Crippen LogP contribution in [0.1, 0.15) is 68.9 Å². The van der Waals surface area contributed by atoms with E-state index in [4.69, 9.17) is 4.74 Å². The Bertz CT molecular complexity index is 1110. The van der Waals surface area contributed by atoms with E-state index in [9.17, 15) is 36.6 Å². The Balaban J connectivity index is 1.45. The second-order valence-corrected chi connectivity index (χ2v) is 11.1. The first-order valence-corrected chi connectivity index (χ1v) is 13.4. The Kier molecular flexibility index (Phi) is 7.61. The highest BCUT2D eigenvalue weighted by molar-refractivity contribution is 5.91. The van der Waals surface area contributed by atoms with E-state index in [1.54, 1.807) is 24.3 Å². The van der Waals surface area contributed by atoms with E-state index in [-0.39, 0.29) is 54.8 Å².